The number of halogens is 3. The molecule has 2 N–H and O–H groups in total. The highest BCUT2D eigenvalue weighted by molar-refractivity contribution is 6.08. The van der Waals surface area contributed by atoms with Crippen LogP contribution in [0.4, 0.5) is 24.7 Å². The highest BCUT2D eigenvalue weighted by Crippen LogP contribution is 2.38. The Morgan fingerprint density at radius 3 is 2.64 bits per heavy atom. The molecule has 28 heavy (non-hydrogen) atoms. The van der Waals surface area contributed by atoms with E-state index in [0.717, 1.165) is 18.6 Å². The average molecular weight is 388 g/mol. The molecule has 1 aromatic carbocycles. The molecule has 1 amide bonds. The third-order valence-corrected chi connectivity index (χ3v) is 4.57. The Balaban J connectivity index is 1.55. The van der Waals surface area contributed by atoms with Crippen LogP contribution in [0, 0.1) is 0 Å². The first-order valence-electron chi connectivity index (χ1n) is 8.32. The molecule has 0 bridgehead atoms. The highest BCUT2D eigenvalue weighted by Gasteiger charge is 2.51. The second-order valence-corrected chi connectivity index (χ2v) is 6.53. The molecule has 1 aliphatic heterocycles. The number of hydrogen-bond acceptors (Lipinski definition) is 4. The normalized spacial score (nSPS) is 18.4. The first-order valence-corrected chi connectivity index (χ1v) is 8.32. The minimum absolute atomic E-state index is 0.0824. The van der Waals surface area contributed by atoms with Crippen LogP contribution >= 0.6 is 0 Å². The van der Waals surface area contributed by atoms with E-state index in [9.17, 15) is 18.0 Å². The molecule has 144 valence electrons. The standard InChI is InChI=1S/C19H15F3N4O2/c1-18(19(20,21)22)7-9-26-8-6-14(16(26)25-18)17(27)24-13-4-2-12(3-5-13)15-10-28-11-23-15/h2-11,25H,1H3,(H,24,27). The lowest BCUT2D eigenvalue weighted by atomic mass is 10.00. The number of benzene rings is 1. The predicted molar refractivity (Wildman–Crippen MR) is 97.7 cm³/mol. The number of nitrogens with one attached hydrogen (secondary N) is 2. The van der Waals surface area contributed by atoms with Crippen molar-refractivity contribution < 1.29 is 22.4 Å². The zero-order chi connectivity index (χ0) is 19.9. The molecule has 4 rings (SSSR count). The van der Waals surface area contributed by atoms with Crippen LogP contribution in [0.15, 0.2) is 59.7 Å². The summed E-state index contributed by atoms with van der Waals surface area (Å²) in [5.41, 5.74) is -0.180. The van der Waals surface area contributed by atoms with Crippen LogP contribution in [0.3, 0.4) is 0 Å². The van der Waals surface area contributed by atoms with Crippen LogP contribution < -0.4 is 10.6 Å². The number of rotatable bonds is 3. The van der Waals surface area contributed by atoms with Crippen molar-refractivity contribution in [2.45, 2.75) is 18.6 Å². The number of carbonyl (C=O) groups excluding carboxylic acids is 1. The lowest BCUT2D eigenvalue weighted by Crippen LogP contribution is -2.49. The molecule has 9 heteroatoms. The largest absolute Gasteiger partial charge is 0.451 e. The van der Waals surface area contributed by atoms with Gasteiger partial charge in [0, 0.05) is 23.6 Å². The van der Waals surface area contributed by atoms with Gasteiger partial charge in [-0.15, -0.1) is 0 Å². The van der Waals surface area contributed by atoms with E-state index in [1.807, 2.05) is 0 Å². The molecule has 2 aromatic heterocycles. The number of aromatic nitrogens is 2. The number of nitrogens with zero attached hydrogens (tertiary/aromatic N) is 2. The van der Waals surface area contributed by atoms with Crippen LogP contribution in [-0.4, -0.2) is 27.2 Å². The van der Waals surface area contributed by atoms with Crippen molar-refractivity contribution in [1.82, 2.24) is 9.55 Å². The third-order valence-electron chi connectivity index (χ3n) is 4.57. The number of fused-ring (bicyclic) bond motifs is 1. The van der Waals surface area contributed by atoms with E-state index in [-0.39, 0.29) is 11.4 Å². The summed E-state index contributed by atoms with van der Waals surface area (Å²) in [7, 11) is 0. The van der Waals surface area contributed by atoms with Crippen molar-refractivity contribution in [2.75, 3.05) is 10.6 Å². The number of anilines is 2. The van der Waals surface area contributed by atoms with Gasteiger partial charge in [-0.1, -0.05) is 12.1 Å². The smallest absolute Gasteiger partial charge is 0.414 e. The van der Waals surface area contributed by atoms with Gasteiger partial charge < -0.3 is 19.6 Å². The zero-order valence-electron chi connectivity index (χ0n) is 14.6. The van der Waals surface area contributed by atoms with E-state index in [1.165, 1.54) is 35.7 Å². The van der Waals surface area contributed by atoms with Gasteiger partial charge >= 0.3 is 6.18 Å². The first-order chi connectivity index (χ1) is 13.3. The van der Waals surface area contributed by atoms with Crippen molar-refractivity contribution in [3.63, 3.8) is 0 Å². The number of oxazole rings is 1. The van der Waals surface area contributed by atoms with Crippen molar-refractivity contribution in [2.24, 2.45) is 0 Å². The SMILES string of the molecule is CC1(C(F)(F)F)C=Cn2ccc(C(=O)Nc3ccc(-c4cocn4)cc3)c2N1. The van der Waals surface area contributed by atoms with E-state index in [0.29, 0.717) is 11.4 Å². The number of carbonyl (C=O) groups is 1. The summed E-state index contributed by atoms with van der Waals surface area (Å²) in [6, 6.07) is 8.33. The fraction of sp³-hybridized carbons (Fsp3) is 0.158. The van der Waals surface area contributed by atoms with Crippen molar-refractivity contribution in [1.29, 1.82) is 0 Å². The topological polar surface area (TPSA) is 72.1 Å². The quantitative estimate of drug-likeness (QED) is 0.687. The zero-order valence-corrected chi connectivity index (χ0v) is 14.6. The Labute approximate surface area is 157 Å². The Morgan fingerprint density at radius 1 is 1.25 bits per heavy atom. The van der Waals surface area contributed by atoms with E-state index >= 15 is 0 Å². The summed E-state index contributed by atoms with van der Waals surface area (Å²) in [5.74, 6) is -0.436. The van der Waals surface area contributed by atoms with Crippen LogP contribution in [0.1, 0.15) is 17.3 Å². The number of hydrogen-bond donors (Lipinski definition) is 2. The minimum Gasteiger partial charge on any atom is -0.451 e. The molecule has 0 aliphatic carbocycles. The Bertz CT molecular complexity index is 1040. The van der Waals surface area contributed by atoms with Gasteiger partial charge in [-0.05, 0) is 31.2 Å². The summed E-state index contributed by atoms with van der Waals surface area (Å²) in [6.07, 6.45) is 2.14. The fourth-order valence-electron chi connectivity index (χ4n) is 2.85. The number of amides is 1. The second kappa shape index (κ2) is 6.29. The lowest BCUT2D eigenvalue weighted by Gasteiger charge is -2.34. The Kier molecular flexibility index (Phi) is 4.02. The fourth-order valence-corrected chi connectivity index (χ4v) is 2.85. The Morgan fingerprint density at radius 2 is 2.00 bits per heavy atom. The van der Waals surface area contributed by atoms with Crippen molar-refractivity contribution in [3.05, 3.63) is 60.8 Å². The van der Waals surface area contributed by atoms with Gasteiger partial charge in [-0.25, -0.2) is 4.98 Å². The Hall–Kier alpha value is -3.49. The monoisotopic (exact) mass is 388 g/mol. The van der Waals surface area contributed by atoms with E-state index < -0.39 is 17.6 Å². The molecule has 0 fully saturated rings. The van der Waals surface area contributed by atoms with Gasteiger partial charge in [-0.3, -0.25) is 4.79 Å². The molecule has 1 aliphatic rings. The van der Waals surface area contributed by atoms with E-state index in [2.05, 4.69) is 15.6 Å². The van der Waals surface area contributed by atoms with Gasteiger partial charge in [0.1, 0.15) is 17.8 Å². The van der Waals surface area contributed by atoms with Gasteiger partial charge in [0.2, 0.25) is 0 Å². The molecule has 6 nitrogen and oxygen atoms in total. The first kappa shape index (κ1) is 17.9. The maximum Gasteiger partial charge on any atom is 0.414 e. The summed E-state index contributed by atoms with van der Waals surface area (Å²) in [6.45, 7) is 1.02. The number of alkyl halides is 3. The minimum atomic E-state index is -4.51. The van der Waals surface area contributed by atoms with E-state index in [1.54, 1.807) is 24.3 Å². The maximum atomic E-state index is 13.3. The molecular weight excluding hydrogens is 373 g/mol. The van der Waals surface area contributed by atoms with E-state index in [4.69, 9.17) is 4.42 Å². The van der Waals surface area contributed by atoms with Crippen molar-refractivity contribution in [3.8, 4) is 11.3 Å². The van der Waals surface area contributed by atoms with Crippen LogP contribution in [0.5, 0.6) is 0 Å². The molecule has 3 aromatic rings. The van der Waals surface area contributed by atoms with Crippen LogP contribution in [0.25, 0.3) is 17.5 Å². The maximum absolute atomic E-state index is 13.3. The van der Waals surface area contributed by atoms with Crippen LogP contribution in [0.2, 0.25) is 0 Å². The highest BCUT2D eigenvalue weighted by atomic mass is 19.4. The van der Waals surface area contributed by atoms with Gasteiger partial charge in [0.05, 0.1) is 5.56 Å². The van der Waals surface area contributed by atoms with Crippen molar-refractivity contribution >= 4 is 23.6 Å². The summed E-state index contributed by atoms with van der Waals surface area (Å²) >= 11 is 0. The summed E-state index contributed by atoms with van der Waals surface area (Å²) in [4.78, 5) is 16.7. The summed E-state index contributed by atoms with van der Waals surface area (Å²) < 4.78 is 46.3. The molecule has 1 unspecified atom stereocenters. The third kappa shape index (κ3) is 3.04. The molecule has 0 spiro atoms. The summed E-state index contributed by atoms with van der Waals surface area (Å²) in [5, 5.41) is 5.12. The lowest BCUT2D eigenvalue weighted by molar-refractivity contribution is -0.160. The van der Waals surface area contributed by atoms with Gasteiger partial charge in [0.15, 0.2) is 11.9 Å². The van der Waals surface area contributed by atoms with Gasteiger partial charge in [0.25, 0.3) is 5.91 Å². The van der Waals surface area contributed by atoms with Gasteiger partial charge in [-0.2, -0.15) is 13.2 Å². The molecule has 3 heterocycles. The van der Waals surface area contributed by atoms with Crippen LogP contribution in [-0.2, 0) is 0 Å². The molecule has 1 atom stereocenters. The molecule has 0 saturated heterocycles. The molecule has 0 saturated carbocycles. The average Bonchev–Trinajstić information content (AvgIpc) is 3.31. The second-order valence-electron chi connectivity index (χ2n) is 6.53. The predicted octanol–water partition coefficient (Wildman–Crippen LogP) is 4.61. The molecular formula is C19H15F3N4O2. The molecule has 0 radical (unpaired) electrons.